The topological polar surface area (TPSA) is 90.6 Å². The van der Waals surface area contributed by atoms with Crippen LogP contribution >= 0.6 is 11.3 Å². The summed E-state index contributed by atoms with van der Waals surface area (Å²) in [4.78, 5) is 11.8. The fourth-order valence-electron chi connectivity index (χ4n) is 1.78. The lowest BCUT2D eigenvalue weighted by molar-refractivity contribution is -0.144. The van der Waals surface area contributed by atoms with Gasteiger partial charge in [0.25, 0.3) is 10.0 Å². The Morgan fingerprint density at radius 2 is 1.96 bits per heavy atom. The van der Waals surface area contributed by atoms with Gasteiger partial charge in [-0.2, -0.15) is 13.5 Å². The predicted octanol–water partition coefficient (Wildman–Crippen LogP) is 1.41. The van der Waals surface area contributed by atoms with E-state index in [1.54, 1.807) is 26.0 Å². The molecule has 0 unspecified atom stereocenters. The molecule has 124 valence electrons. The average molecular weight is 355 g/mol. The first kappa shape index (κ1) is 17.4. The summed E-state index contributed by atoms with van der Waals surface area (Å²) in [6, 6.07) is 6.40. The van der Waals surface area contributed by atoms with E-state index in [9.17, 15) is 13.2 Å². The van der Waals surface area contributed by atoms with Gasteiger partial charge in [0.15, 0.2) is 0 Å². The Hall–Kier alpha value is -2.00. The third-order valence-corrected chi connectivity index (χ3v) is 5.08. The number of aryl methyl sites for hydroxylation is 2. The summed E-state index contributed by atoms with van der Waals surface area (Å²) in [5, 5.41) is 4.70. The van der Waals surface area contributed by atoms with E-state index < -0.39 is 16.0 Å². The van der Waals surface area contributed by atoms with Crippen molar-refractivity contribution in [2.24, 2.45) is 4.40 Å². The minimum absolute atomic E-state index is 0.0943. The maximum atomic E-state index is 12.4. The fraction of sp³-hybridized carbons (Fsp3) is 0.357. The van der Waals surface area contributed by atoms with Gasteiger partial charge in [0.05, 0.1) is 11.5 Å². The quantitative estimate of drug-likeness (QED) is 0.757. The summed E-state index contributed by atoms with van der Waals surface area (Å²) in [7, 11) is -3.86. The van der Waals surface area contributed by atoms with Gasteiger partial charge in [0.2, 0.25) is 4.80 Å². The van der Waals surface area contributed by atoms with Crippen LogP contribution in [0, 0.1) is 13.8 Å². The predicted molar refractivity (Wildman–Crippen MR) is 85.4 cm³/mol. The van der Waals surface area contributed by atoms with E-state index in [0.717, 1.165) is 16.9 Å². The molecule has 1 heterocycles. The Morgan fingerprint density at radius 3 is 2.57 bits per heavy atom. The van der Waals surface area contributed by atoms with E-state index in [2.05, 4.69) is 9.50 Å². The van der Waals surface area contributed by atoms with Crippen LogP contribution < -0.4 is 4.80 Å². The Kier molecular flexibility index (Phi) is 5.32. The van der Waals surface area contributed by atoms with Crippen LogP contribution in [-0.2, 0) is 26.1 Å². The number of sulfonamides is 1. The number of hydrogen-bond acceptors (Lipinski definition) is 6. The third kappa shape index (κ3) is 4.49. The van der Waals surface area contributed by atoms with Crippen molar-refractivity contribution in [3.63, 3.8) is 0 Å². The van der Waals surface area contributed by atoms with Crippen LogP contribution in [0.3, 0.4) is 0 Å². The normalized spacial score (nSPS) is 12.4. The standard InChI is InChI=1S/C14H17N3O4S2/c1-4-21-13(18)9-17-14(22-11(3)15-17)16-23(19,20)12-7-5-10(2)6-8-12/h5-8H,4,9H2,1-3H3/b16-14-. The molecule has 7 nitrogen and oxygen atoms in total. The smallest absolute Gasteiger partial charge is 0.327 e. The van der Waals surface area contributed by atoms with Crippen molar-refractivity contribution >= 4 is 27.3 Å². The molecule has 0 saturated carbocycles. The highest BCUT2D eigenvalue weighted by Gasteiger charge is 2.15. The summed E-state index contributed by atoms with van der Waals surface area (Å²) in [5.74, 6) is -0.494. The minimum atomic E-state index is -3.86. The number of benzene rings is 1. The Labute approximate surface area is 138 Å². The molecule has 0 N–H and O–H groups in total. The maximum absolute atomic E-state index is 12.4. The van der Waals surface area contributed by atoms with Crippen molar-refractivity contribution in [1.82, 2.24) is 9.78 Å². The lowest BCUT2D eigenvalue weighted by Crippen LogP contribution is -2.24. The molecule has 0 atom stereocenters. The van der Waals surface area contributed by atoms with Gasteiger partial charge in [-0.15, -0.1) is 4.40 Å². The number of rotatable bonds is 5. The number of hydrogen-bond donors (Lipinski definition) is 0. The molecule has 0 amide bonds. The van der Waals surface area contributed by atoms with E-state index in [-0.39, 0.29) is 22.8 Å². The van der Waals surface area contributed by atoms with E-state index in [1.165, 1.54) is 16.8 Å². The highest BCUT2D eigenvalue weighted by Crippen LogP contribution is 2.12. The van der Waals surface area contributed by atoms with Gasteiger partial charge in [-0.1, -0.05) is 29.0 Å². The van der Waals surface area contributed by atoms with Crippen LogP contribution in [0.2, 0.25) is 0 Å². The van der Waals surface area contributed by atoms with Crippen LogP contribution in [-0.4, -0.2) is 30.8 Å². The van der Waals surface area contributed by atoms with Crippen molar-refractivity contribution in [3.05, 3.63) is 39.6 Å². The van der Waals surface area contributed by atoms with Crippen molar-refractivity contribution < 1.29 is 17.9 Å². The second kappa shape index (κ2) is 7.05. The van der Waals surface area contributed by atoms with E-state index in [4.69, 9.17) is 4.74 Å². The van der Waals surface area contributed by atoms with Gasteiger partial charge in [0.1, 0.15) is 11.6 Å². The number of nitrogens with zero attached hydrogens (tertiary/aromatic N) is 3. The third-order valence-electron chi connectivity index (χ3n) is 2.82. The van der Waals surface area contributed by atoms with Gasteiger partial charge in [-0.25, -0.2) is 4.68 Å². The van der Waals surface area contributed by atoms with Gasteiger partial charge in [-0.05, 0) is 32.9 Å². The molecule has 0 aliphatic heterocycles. The number of carbonyl (C=O) groups is 1. The molecule has 0 spiro atoms. The lowest BCUT2D eigenvalue weighted by Gasteiger charge is -2.02. The molecule has 1 aromatic carbocycles. The molecule has 2 rings (SSSR count). The van der Waals surface area contributed by atoms with Crippen molar-refractivity contribution in [3.8, 4) is 0 Å². The first-order valence-electron chi connectivity index (χ1n) is 6.89. The Bertz CT molecular complexity index is 864. The average Bonchev–Trinajstić information content (AvgIpc) is 2.78. The van der Waals surface area contributed by atoms with E-state index in [0.29, 0.717) is 5.01 Å². The largest absolute Gasteiger partial charge is 0.465 e. The molecule has 0 bridgehead atoms. The zero-order chi connectivity index (χ0) is 17.0. The summed E-state index contributed by atoms with van der Waals surface area (Å²) < 4.78 is 34.6. The highest BCUT2D eigenvalue weighted by atomic mass is 32.2. The molecule has 0 fully saturated rings. The molecule has 0 saturated heterocycles. The number of carbonyl (C=O) groups excluding carboxylic acids is 1. The van der Waals surface area contributed by atoms with E-state index >= 15 is 0 Å². The first-order chi connectivity index (χ1) is 10.8. The van der Waals surface area contributed by atoms with Crippen molar-refractivity contribution in [2.75, 3.05) is 6.61 Å². The molecule has 0 aliphatic carbocycles. The van der Waals surface area contributed by atoms with Crippen molar-refractivity contribution in [2.45, 2.75) is 32.2 Å². The van der Waals surface area contributed by atoms with Crippen LogP contribution in [0.15, 0.2) is 33.6 Å². The summed E-state index contributed by atoms with van der Waals surface area (Å²) in [6.07, 6.45) is 0. The molecule has 0 radical (unpaired) electrons. The van der Waals surface area contributed by atoms with Gasteiger partial charge >= 0.3 is 5.97 Å². The highest BCUT2D eigenvalue weighted by molar-refractivity contribution is 7.90. The second-order valence-electron chi connectivity index (χ2n) is 4.75. The van der Waals surface area contributed by atoms with Crippen LogP contribution in [0.25, 0.3) is 0 Å². The molecular weight excluding hydrogens is 338 g/mol. The number of esters is 1. The Morgan fingerprint density at radius 1 is 1.30 bits per heavy atom. The minimum Gasteiger partial charge on any atom is -0.465 e. The monoisotopic (exact) mass is 355 g/mol. The SMILES string of the molecule is CCOC(=O)Cn1nc(C)s/c1=N\S(=O)(=O)c1ccc(C)cc1. The maximum Gasteiger partial charge on any atom is 0.327 e. The number of ether oxygens (including phenoxy) is 1. The van der Waals surface area contributed by atoms with Gasteiger partial charge in [-0.3, -0.25) is 4.79 Å². The number of aromatic nitrogens is 2. The molecule has 0 aliphatic rings. The molecule has 23 heavy (non-hydrogen) atoms. The zero-order valence-electron chi connectivity index (χ0n) is 13.0. The first-order valence-corrected chi connectivity index (χ1v) is 9.15. The van der Waals surface area contributed by atoms with Gasteiger partial charge < -0.3 is 4.74 Å². The summed E-state index contributed by atoms with van der Waals surface area (Å²) in [6.45, 7) is 5.34. The molecule has 2 aromatic rings. The van der Waals surface area contributed by atoms with Crippen LogP contribution in [0.5, 0.6) is 0 Å². The molecule has 1 aromatic heterocycles. The molecular formula is C14H17N3O4S2. The van der Waals surface area contributed by atoms with Crippen LogP contribution in [0.4, 0.5) is 0 Å². The second-order valence-corrected chi connectivity index (χ2v) is 7.51. The van der Waals surface area contributed by atoms with E-state index in [1.807, 2.05) is 6.92 Å². The zero-order valence-corrected chi connectivity index (χ0v) is 14.6. The summed E-state index contributed by atoms with van der Waals surface area (Å²) >= 11 is 1.10. The van der Waals surface area contributed by atoms with Crippen molar-refractivity contribution in [1.29, 1.82) is 0 Å². The van der Waals surface area contributed by atoms with Gasteiger partial charge in [0, 0.05) is 0 Å². The molecule has 9 heteroatoms. The lowest BCUT2D eigenvalue weighted by atomic mass is 10.2. The Balaban J connectivity index is 2.42. The van der Waals surface area contributed by atoms with Crippen LogP contribution in [0.1, 0.15) is 17.5 Å². The summed E-state index contributed by atoms with van der Waals surface area (Å²) in [5.41, 5.74) is 0.954. The fourth-order valence-corrected chi connectivity index (χ4v) is 3.72.